The van der Waals surface area contributed by atoms with Gasteiger partial charge in [-0.15, -0.1) is 18.1 Å². The molecule has 0 radical (unpaired) electrons. The first kappa shape index (κ1) is 9.79. The molecule has 0 fully saturated rings. The van der Waals surface area contributed by atoms with Crippen molar-refractivity contribution in [3.8, 4) is 0 Å². The van der Waals surface area contributed by atoms with Gasteiger partial charge >= 0.3 is 0 Å². The van der Waals surface area contributed by atoms with Gasteiger partial charge in [0.2, 0.25) is 0 Å². The molecule has 0 saturated carbocycles. The molecule has 0 aromatic heterocycles. The monoisotopic (exact) mass is 119 g/mol. The van der Waals surface area contributed by atoms with Gasteiger partial charge in [-0.05, 0) is 0 Å². The second-order valence-corrected chi connectivity index (χ2v) is 1.30. The van der Waals surface area contributed by atoms with E-state index in [0.717, 1.165) is 0 Å². The summed E-state index contributed by atoms with van der Waals surface area (Å²) in [4.78, 5) is 1.88. The Morgan fingerprint density at radius 2 is 2.00 bits per heavy atom. The fraction of sp³-hybridized carbons (Fsp3) is 0.400. The van der Waals surface area contributed by atoms with Crippen LogP contribution in [0.3, 0.4) is 0 Å². The standard InChI is InChI=1S/C5H9N.ClH/c1-4-5-6(2)3;/h5H,1H2,2-3H3;1H. The van der Waals surface area contributed by atoms with Crippen LogP contribution >= 0.6 is 12.4 Å². The fourth-order valence-electron chi connectivity index (χ4n) is 0.183. The molecule has 1 nitrogen and oxygen atoms in total. The van der Waals surface area contributed by atoms with Crippen LogP contribution in [0.5, 0.6) is 0 Å². The number of rotatable bonds is 1. The van der Waals surface area contributed by atoms with Gasteiger partial charge in [-0.2, -0.15) is 0 Å². The van der Waals surface area contributed by atoms with Gasteiger partial charge in [0.1, 0.15) is 0 Å². The Balaban J connectivity index is 0. The molecule has 0 atom stereocenters. The minimum absolute atomic E-state index is 0. The molecular formula is C5H10ClN. The lowest BCUT2D eigenvalue weighted by atomic mass is 10.8. The third kappa shape index (κ3) is 10.7. The van der Waals surface area contributed by atoms with Gasteiger partial charge < -0.3 is 4.90 Å². The summed E-state index contributed by atoms with van der Waals surface area (Å²) in [6, 6.07) is 0. The summed E-state index contributed by atoms with van der Waals surface area (Å²) < 4.78 is 0. The van der Waals surface area contributed by atoms with Crippen molar-refractivity contribution in [2.75, 3.05) is 14.1 Å². The number of hydrogen-bond donors (Lipinski definition) is 0. The van der Waals surface area contributed by atoms with Crippen molar-refractivity contribution in [1.29, 1.82) is 0 Å². The molecule has 0 rings (SSSR count). The van der Waals surface area contributed by atoms with Gasteiger partial charge in [0, 0.05) is 20.3 Å². The van der Waals surface area contributed by atoms with E-state index >= 15 is 0 Å². The second kappa shape index (κ2) is 5.61. The molecular weight excluding hydrogens is 110 g/mol. The molecule has 0 aliphatic carbocycles. The zero-order chi connectivity index (χ0) is 4.99. The van der Waals surface area contributed by atoms with Gasteiger partial charge in [-0.3, -0.25) is 0 Å². The lowest BCUT2D eigenvalue weighted by molar-refractivity contribution is 0.565. The van der Waals surface area contributed by atoms with E-state index in [1.165, 1.54) is 0 Å². The maximum absolute atomic E-state index is 3.38. The van der Waals surface area contributed by atoms with Crippen LogP contribution in [0.15, 0.2) is 18.5 Å². The van der Waals surface area contributed by atoms with Crippen LogP contribution in [-0.4, -0.2) is 19.0 Å². The first-order valence-electron chi connectivity index (χ1n) is 1.79. The first-order valence-corrected chi connectivity index (χ1v) is 1.79. The van der Waals surface area contributed by atoms with E-state index in [1.54, 1.807) is 6.20 Å². The zero-order valence-corrected chi connectivity index (χ0v) is 5.46. The molecule has 0 saturated heterocycles. The minimum atomic E-state index is 0. The molecule has 0 aliphatic heterocycles. The third-order valence-corrected chi connectivity index (χ3v) is 0.349. The highest BCUT2D eigenvalue weighted by Crippen LogP contribution is 1.67. The van der Waals surface area contributed by atoms with E-state index in [0.29, 0.717) is 0 Å². The first-order chi connectivity index (χ1) is 2.77. The molecule has 0 unspecified atom stereocenters. The molecule has 42 valence electrons. The minimum Gasteiger partial charge on any atom is -0.377 e. The highest BCUT2D eigenvalue weighted by Gasteiger charge is 1.64. The molecule has 0 heterocycles. The Bertz CT molecular complexity index is 72.1. The van der Waals surface area contributed by atoms with Crippen LogP contribution in [0.1, 0.15) is 0 Å². The Hall–Kier alpha value is -0.390. The fourth-order valence-corrected chi connectivity index (χ4v) is 0.183. The molecule has 0 bridgehead atoms. The normalized spacial score (nSPS) is 5.43. The van der Waals surface area contributed by atoms with Gasteiger partial charge in [0.05, 0.1) is 0 Å². The molecule has 0 aliphatic rings. The summed E-state index contributed by atoms with van der Waals surface area (Å²) in [5.41, 5.74) is 2.62. The van der Waals surface area contributed by atoms with Crippen molar-refractivity contribution in [3.05, 3.63) is 18.5 Å². The van der Waals surface area contributed by atoms with Gasteiger partial charge in [-0.25, -0.2) is 0 Å². The highest BCUT2D eigenvalue weighted by atomic mass is 35.5. The van der Waals surface area contributed by atoms with Gasteiger partial charge in [0.15, 0.2) is 0 Å². The SMILES string of the molecule is C=C=CN(C)C.Cl. The zero-order valence-electron chi connectivity index (χ0n) is 4.64. The van der Waals surface area contributed by atoms with Gasteiger partial charge in [0.25, 0.3) is 0 Å². The molecule has 0 aromatic carbocycles. The predicted molar refractivity (Wildman–Crippen MR) is 34.6 cm³/mol. The van der Waals surface area contributed by atoms with E-state index in [-0.39, 0.29) is 12.4 Å². The van der Waals surface area contributed by atoms with Crippen LogP contribution in [0.4, 0.5) is 0 Å². The van der Waals surface area contributed by atoms with Crippen LogP contribution in [-0.2, 0) is 0 Å². The van der Waals surface area contributed by atoms with Crippen molar-refractivity contribution in [2.45, 2.75) is 0 Å². The molecule has 2 heteroatoms. The summed E-state index contributed by atoms with van der Waals surface area (Å²) in [5.74, 6) is 0. The lowest BCUT2D eigenvalue weighted by Gasteiger charge is -1.97. The Labute approximate surface area is 50.7 Å². The highest BCUT2D eigenvalue weighted by molar-refractivity contribution is 5.85. The smallest absolute Gasteiger partial charge is 0.0412 e. The molecule has 0 amide bonds. The second-order valence-electron chi connectivity index (χ2n) is 1.30. The summed E-state index contributed by atoms with van der Waals surface area (Å²) in [6.07, 6.45) is 1.76. The van der Waals surface area contributed by atoms with E-state index in [1.807, 2.05) is 19.0 Å². The van der Waals surface area contributed by atoms with Crippen molar-refractivity contribution in [1.82, 2.24) is 4.90 Å². The van der Waals surface area contributed by atoms with E-state index < -0.39 is 0 Å². The number of halogens is 1. The van der Waals surface area contributed by atoms with Crippen molar-refractivity contribution in [3.63, 3.8) is 0 Å². The van der Waals surface area contributed by atoms with E-state index in [9.17, 15) is 0 Å². The quantitative estimate of drug-likeness (QED) is 0.470. The largest absolute Gasteiger partial charge is 0.377 e. The Morgan fingerprint density at radius 3 is 2.00 bits per heavy atom. The maximum Gasteiger partial charge on any atom is 0.0412 e. The molecule has 0 N–H and O–H groups in total. The van der Waals surface area contributed by atoms with Crippen LogP contribution in [0, 0.1) is 0 Å². The number of nitrogens with zero attached hydrogens (tertiary/aromatic N) is 1. The van der Waals surface area contributed by atoms with E-state index in [4.69, 9.17) is 0 Å². The van der Waals surface area contributed by atoms with Crippen molar-refractivity contribution in [2.24, 2.45) is 0 Å². The predicted octanol–water partition coefficient (Wildman–Crippen LogP) is 1.27. The van der Waals surface area contributed by atoms with Crippen LogP contribution < -0.4 is 0 Å². The molecule has 7 heavy (non-hydrogen) atoms. The van der Waals surface area contributed by atoms with Crippen LogP contribution in [0.25, 0.3) is 0 Å². The maximum atomic E-state index is 3.38. The topological polar surface area (TPSA) is 3.24 Å². The number of hydrogen-bond acceptors (Lipinski definition) is 1. The summed E-state index contributed by atoms with van der Waals surface area (Å²) in [7, 11) is 3.86. The van der Waals surface area contributed by atoms with Crippen molar-refractivity contribution < 1.29 is 0 Å². The third-order valence-electron chi connectivity index (χ3n) is 0.349. The van der Waals surface area contributed by atoms with Crippen molar-refractivity contribution >= 4 is 12.4 Å². The molecule has 0 aromatic rings. The summed E-state index contributed by atoms with van der Waals surface area (Å²) >= 11 is 0. The van der Waals surface area contributed by atoms with E-state index in [2.05, 4.69) is 12.3 Å². The summed E-state index contributed by atoms with van der Waals surface area (Å²) in [6.45, 7) is 3.38. The average Bonchev–Trinajstić information content (AvgIpc) is 1.35. The Kier molecular flexibility index (Phi) is 7.84. The Morgan fingerprint density at radius 1 is 1.57 bits per heavy atom. The average molecular weight is 120 g/mol. The molecule has 0 spiro atoms. The van der Waals surface area contributed by atoms with Gasteiger partial charge in [-0.1, -0.05) is 6.58 Å². The summed E-state index contributed by atoms with van der Waals surface area (Å²) in [5, 5.41) is 0. The van der Waals surface area contributed by atoms with Crippen LogP contribution in [0.2, 0.25) is 0 Å². The lowest BCUT2D eigenvalue weighted by Crippen LogP contribution is -1.98.